The Labute approximate surface area is 178 Å². The van der Waals surface area contributed by atoms with Gasteiger partial charge in [-0.15, -0.1) is 0 Å². The Bertz CT molecular complexity index is 776. The van der Waals surface area contributed by atoms with Crippen molar-refractivity contribution in [2.45, 2.75) is 45.5 Å². The highest BCUT2D eigenvalue weighted by molar-refractivity contribution is 5.77. The van der Waals surface area contributed by atoms with Gasteiger partial charge < -0.3 is 29.3 Å². The minimum absolute atomic E-state index is 0.0150. The first-order chi connectivity index (χ1) is 14.5. The molecule has 2 atom stereocenters. The maximum atomic E-state index is 10.2. The summed E-state index contributed by atoms with van der Waals surface area (Å²) in [7, 11) is 0. The minimum Gasteiger partial charge on any atom is -0.507 e. The molecule has 2 aliphatic heterocycles. The van der Waals surface area contributed by atoms with Crippen molar-refractivity contribution in [1.82, 2.24) is 4.90 Å². The molecule has 0 bridgehead atoms. The molecule has 0 saturated carbocycles. The molecule has 164 valence electrons. The SMILES string of the molecule is C=N/C(=C\C=C(/C)N1CCOC(COC2CCCCO2)C1)c1c(O)cc(C)cc1O. The highest BCUT2D eigenvalue weighted by Crippen LogP contribution is 2.35. The Balaban J connectivity index is 1.64. The Morgan fingerprint density at radius 1 is 1.23 bits per heavy atom. The number of hydrogen-bond donors (Lipinski definition) is 2. The standard InChI is InChI=1S/C23H32N2O5/c1-16-12-20(26)23(21(27)13-16)19(24-3)8-7-17(2)25-9-11-28-18(14-25)15-30-22-6-4-5-10-29-22/h7-8,12-13,18,22,26-27H,3-6,9-11,14-15H2,1-2H3/b17-7+,19-8-. The summed E-state index contributed by atoms with van der Waals surface area (Å²) in [5.74, 6) is -0.0450. The summed E-state index contributed by atoms with van der Waals surface area (Å²) in [5, 5.41) is 20.5. The lowest BCUT2D eigenvalue weighted by molar-refractivity contribution is -0.185. The summed E-state index contributed by atoms with van der Waals surface area (Å²) in [5.41, 5.74) is 2.49. The van der Waals surface area contributed by atoms with Gasteiger partial charge in [0.25, 0.3) is 0 Å². The van der Waals surface area contributed by atoms with Crippen LogP contribution in [0, 0.1) is 6.92 Å². The first-order valence-electron chi connectivity index (χ1n) is 10.5. The van der Waals surface area contributed by atoms with Gasteiger partial charge in [-0.2, -0.15) is 0 Å². The molecular formula is C23H32N2O5. The molecule has 7 heteroatoms. The Hall–Kier alpha value is -2.35. The zero-order valence-electron chi connectivity index (χ0n) is 17.8. The van der Waals surface area contributed by atoms with E-state index in [0.29, 0.717) is 18.9 Å². The van der Waals surface area contributed by atoms with Gasteiger partial charge >= 0.3 is 0 Å². The van der Waals surface area contributed by atoms with Gasteiger partial charge in [0.05, 0.1) is 30.6 Å². The molecule has 2 unspecified atom stereocenters. The zero-order valence-corrected chi connectivity index (χ0v) is 17.8. The molecule has 1 aromatic rings. The summed E-state index contributed by atoms with van der Waals surface area (Å²) in [6, 6.07) is 3.18. The van der Waals surface area contributed by atoms with Crippen LogP contribution in [0.3, 0.4) is 0 Å². The minimum atomic E-state index is -0.117. The van der Waals surface area contributed by atoms with Crippen LogP contribution in [0.1, 0.15) is 37.3 Å². The molecule has 0 radical (unpaired) electrons. The average molecular weight is 417 g/mol. The molecule has 2 aliphatic rings. The number of phenols is 2. The van der Waals surface area contributed by atoms with Crippen molar-refractivity contribution in [3.63, 3.8) is 0 Å². The molecule has 0 aromatic heterocycles. The molecule has 7 nitrogen and oxygen atoms in total. The number of aliphatic imine (C=N–C) groups is 1. The summed E-state index contributed by atoms with van der Waals surface area (Å²) >= 11 is 0. The number of aromatic hydroxyl groups is 2. The molecule has 2 saturated heterocycles. The number of benzene rings is 1. The lowest BCUT2D eigenvalue weighted by Crippen LogP contribution is -2.44. The summed E-state index contributed by atoms with van der Waals surface area (Å²) in [6.45, 7) is 10.8. The van der Waals surface area contributed by atoms with Gasteiger partial charge in [-0.3, -0.25) is 4.99 Å². The van der Waals surface area contributed by atoms with E-state index in [1.165, 1.54) is 0 Å². The highest BCUT2D eigenvalue weighted by atomic mass is 16.7. The summed E-state index contributed by atoms with van der Waals surface area (Å²) in [4.78, 5) is 6.22. The van der Waals surface area contributed by atoms with Crippen molar-refractivity contribution in [2.24, 2.45) is 4.99 Å². The van der Waals surface area contributed by atoms with E-state index in [1.807, 2.05) is 13.0 Å². The van der Waals surface area contributed by atoms with Crippen LogP contribution in [-0.4, -0.2) is 67.1 Å². The molecular weight excluding hydrogens is 384 g/mol. The van der Waals surface area contributed by atoms with Crippen molar-refractivity contribution in [1.29, 1.82) is 0 Å². The van der Waals surface area contributed by atoms with E-state index >= 15 is 0 Å². The van der Waals surface area contributed by atoms with Crippen molar-refractivity contribution in [2.75, 3.05) is 32.9 Å². The Morgan fingerprint density at radius 2 is 2.00 bits per heavy atom. The second kappa shape index (κ2) is 10.6. The molecule has 30 heavy (non-hydrogen) atoms. The first kappa shape index (κ1) is 22.3. The van der Waals surface area contributed by atoms with E-state index in [2.05, 4.69) is 16.6 Å². The fraction of sp³-hybridized carbons (Fsp3) is 0.522. The fourth-order valence-electron chi connectivity index (χ4n) is 3.73. The monoisotopic (exact) mass is 416 g/mol. The fourth-order valence-corrected chi connectivity index (χ4v) is 3.73. The normalized spacial score (nSPS) is 23.5. The molecule has 2 heterocycles. The van der Waals surface area contributed by atoms with E-state index in [1.54, 1.807) is 25.1 Å². The van der Waals surface area contributed by atoms with E-state index in [0.717, 1.165) is 50.2 Å². The number of allylic oxidation sites excluding steroid dienone is 3. The van der Waals surface area contributed by atoms with E-state index in [4.69, 9.17) is 14.2 Å². The van der Waals surface area contributed by atoms with Crippen molar-refractivity contribution in [3.8, 4) is 11.5 Å². The third kappa shape index (κ3) is 5.84. The van der Waals surface area contributed by atoms with Gasteiger partial charge in [0.2, 0.25) is 0 Å². The van der Waals surface area contributed by atoms with Gasteiger partial charge in [0, 0.05) is 25.4 Å². The summed E-state index contributed by atoms with van der Waals surface area (Å²) in [6.07, 6.45) is 6.72. The van der Waals surface area contributed by atoms with Crippen LogP contribution in [0.25, 0.3) is 5.70 Å². The van der Waals surface area contributed by atoms with Crippen molar-refractivity contribution >= 4 is 12.4 Å². The third-order valence-electron chi connectivity index (χ3n) is 5.39. The van der Waals surface area contributed by atoms with Crippen LogP contribution in [0.15, 0.2) is 35.0 Å². The Morgan fingerprint density at radius 3 is 2.67 bits per heavy atom. The van der Waals surface area contributed by atoms with Crippen molar-refractivity contribution < 1.29 is 24.4 Å². The number of hydrogen-bond acceptors (Lipinski definition) is 7. The predicted molar refractivity (Wildman–Crippen MR) is 117 cm³/mol. The second-order valence-corrected chi connectivity index (χ2v) is 7.76. The van der Waals surface area contributed by atoms with E-state index in [9.17, 15) is 10.2 Å². The molecule has 1 aromatic carbocycles. The Kier molecular flexibility index (Phi) is 7.90. The van der Waals surface area contributed by atoms with Gasteiger partial charge in [-0.05, 0) is 69.7 Å². The number of phenolic OH excluding ortho intramolecular Hbond substituents is 2. The average Bonchev–Trinajstić information content (AvgIpc) is 2.74. The van der Waals surface area contributed by atoms with E-state index in [-0.39, 0.29) is 29.5 Å². The maximum absolute atomic E-state index is 10.2. The molecule has 0 spiro atoms. The smallest absolute Gasteiger partial charge is 0.157 e. The topological polar surface area (TPSA) is 83.8 Å². The van der Waals surface area contributed by atoms with Crippen LogP contribution >= 0.6 is 0 Å². The van der Waals surface area contributed by atoms with Gasteiger partial charge in [-0.25, -0.2) is 0 Å². The molecule has 2 N–H and O–H groups in total. The molecule has 3 rings (SSSR count). The van der Waals surface area contributed by atoms with E-state index < -0.39 is 0 Å². The zero-order chi connectivity index (χ0) is 21.5. The van der Waals surface area contributed by atoms with Gasteiger partial charge in [0.1, 0.15) is 11.5 Å². The largest absolute Gasteiger partial charge is 0.507 e. The van der Waals surface area contributed by atoms with Crippen LogP contribution < -0.4 is 0 Å². The van der Waals surface area contributed by atoms with Crippen LogP contribution in [0.5, 0.6) is 11.5 Å². The number of aryl methyl sites for hydroxylation is 1. The van der Waals surface area contributed by atoms with Crippen molar-refractivity contribution in [3.05, 3.63) is 41.1 Å². The quantitative estimate of drug-likeness (QED) is 0.522. The second-order valence-electron chi connectivity index (χ2n) is 7.76. The lowest BCUT2D eigenvalue weighted by atomic mass is 10.1. The van der Waals surface area contributed by atoms with Gasteiger partial charge in [-0.1, -0.05) is 0 Å². The van der Waals surface area contributed by atoms with Crippen LogP contribution in [-0.2, 0) is 14.2 Å². The highest BCUT2D eigenvalue weighted by Gasteiger charge is 2.23. The lowest BCUT2D eigenvalue weighted by Gasteiger charge is -2.35. The number of morpholine rings is 1. The molecule has 2 fully saturated rings. The number of rotatable bonds is 7. The first-order valence-corrected chi connectivity index (χ1v) is 10.5. The predicted octanol–water partition coefficient (Wildman–Crippen LogP) is 3.60. The van der Waals surface area contributed by atoms with Crippen LogP contribution in [0.2, 0.25) is 0 Å². The number of ether oxygens (including phenoxy) is 3. The third-order valence-corrected chi connectivity index (χ3v) is 5.39. The molecule has 0 amide bonds. The maximum Gasteiger partial charge on any atom is 0.157 e. The van der Waals surface area contributed by atoms with Gasteiger partial charge in [0.15, 0.2) is 6.29 Å². The number of nitrogens with zero attached hydrogens (tertiary/aromatic N) is 2. The molecule has 0 aliphatic carbocycles. The summed E-state index contributed by atoms with van der Waals surface area (Å²) < 4.78 is 17.3. The van der Waals surface area contributed by atoms with Crippen LogP contribution in [0.4, 0.5) is 0 Å².